The highest BCUT2D eigenvalue weighted by atomic mass is 16.1. The average molecular weight is 190 g/mol. The van der Waals surface area contributed by atoms with Gasteiger partial charge in [0.25, 0.3) is 0 Å². The molecule has 0 aromatic carbocycles. The summed E-state index contributed by atoms with van der Waals surface area (Å²) in [6.45, 7) is 3.75. The molecule has 0 aromatic heterocycles. The van der Waals surface area contributed by atoms with Crippen molar-refractivity contribution in [1.29, 1.82) is 5.41 Å². The van der Waals surface area contributed by atoms with Crippen LogP contribution < -0.4 is 0 Å². The fourth-order valence-corrected chi connectivity index (χ4v) is 2.25. The van der Waals surface area contributed by atoms with Gasteiger partial charge in [0.05, 0.1) is 5.70 Å². The van der Waals surface area contributed by atoms with Crippen molar-refractivity contribution in [3.63, 3.8) is 0 Å². The van der Waals surface area contributed by atoms with Gasteiger partial charge in [0.15, 0.2) is 6.29 Å². The van der Waals surface area contributed by atoms with Gasteiger partial charge in [0.1, 0.15) is 5.84 Å². The Hall–Kier alpha value is -1.38. The van der Waals surface area contributed by atoms with E-state index in [9.17, 15) is 4.79 Å². The van der Waals surface area contributed by atoms with Crippen molar-refractivity contribution in [2.75, 3.05) is 0 Å². The van der Waals surface area contributed by atoms with Crippen molar-refractivity contribution in [1.82, 2.24) is 4.90 Å². The smallest absolute Gasteiger partial charge is 0.166 e. The second kappa shape index (κ2) is 3.40. The lowest BCUT2D eigenvalue weighted by atomic mass is 10.2. The quantitative estimate of drug-likeness (QED) is 0.675. The minimum absolute atomic E-state index is 0.346. The molecular formula is C11H14N2O. The molecule has 1 aliphatic heterocycles. The van der Waals surface area contributed by atoms with Crippen molar-refractivity contribution in [3.8, 4) is 0 Å². The monoisotopic (exact) mass is 190 g/mol. The molecule has 3 nitrogen and oxygen atoms in total. The van der Waals surface area contributed by atoms with Crippen LogP contribution in [-0.2, 0) is 4.79 Å². The normalized spacial score (nSPS) is 23.1. The van der Waals surface area contributed by atoms with Crippen LogP contribution >= 0.6 is 0 Å². The molecule has 0 saturated heterocycles. The van der Waals surface area contributed by atoms with E-state index in [-0.39, 0.29) is 0 Å². The highest BCUT2D eigenvalue weighted by Gasteiger charge is 2.31. The molecule has 2 rings (SSSR count). The van der Waals surface area contributed by atoms with Gasteiger partial charge in [0.2, 0.25) is 0 Å². The van der Waals surface area contributed by atoms with Crippen LogP contribution in [0.5, 0.6) is 0 Å². The molecule has 1 heterocycles. The van der Waals surface area contributed by atoms with E-state index < -0.39 is 0 Å². The molecule has 0 radical (unpaired) electrons. The lowest BCUT2D eigenvalue weighted by Crippen LogP contribution is -2.34. The number of carbonyl (C=O) groups is 1. The van der Waals surface area contributed by atoms with Gasteiger partial charge in [-0.2, -0.15) is 0 Å². The zero-order valence-electron chi connectivity index (χ0n) is 8.12. The van der Waals surface area contributed by atoms with Gasteiger partial charge >= 0.3 is 0 Å². The second-order valence-electron chi connectivity index (χ2n) is 3.87. The highest BCUT2D eigenvalue weighted by molar-refractivity contribution is 6.06. The Morgan fingerprint density at radius 2 is 2.14 bits per heavy atom. The van der Waals surface area contributed by atoms with E-state index in [0.717, 1.165) is 19.1 Å². The Balaban J connectivity index is 2.24. The Morgan fingerprint density at radius 3 is 2.71 bits per heavy atom. The fraction of sp³-hybridized carbons (Fsp3) is 0.455. The Morgan fingerprint density at radius 1 is 1.50 bits per heavy atom. The predicted octanol–water partition coefficient (Wildman–Crippen LogP) is 1.86. The zero-order chi connectivity index (χ0) is 10.1. The summed E-state index contributed by atoms with van der Waals surface area (Å²) in [6, 6.07) is 0.346. The summed E-state index contributed by atoms with van der Waals surface area (Å²) in [5.74, 6) is 0.402. The maximum atomic E-state index is 10.8. The van der Waals surface area contributed by atoms with Gasteiger partial charge in [-0.15, -0.1) is 0 Å². The number of carbonyl (C=O) groups excluding carboxylic acids is 1. The summed E-state index contributed by atoms with van der Waals surface area (Å²) in [5, 5.41) is 7.83. The number of rotatable bonds is 2. The molecule has 1 saturated carbocycles. The number of nitrogens with zero attached hydrogens (tertiary/aromatic N) is 1. The molecule has 0 unspecified atom stereocenters. The van der Waals surface area contributed by atoms with E-state index in [4.69, 9.17) is 5.41 Å². The topological polar surface area (TPSA) is 44.2 Å². The molecule has 74 valence electrons. The first-order valence-electron chi connectivity index (χ1n) is 4.98. The van der Waals surface area contributed by atoms with E-state index in [2.05, 4.69) is 6.58 Å². The lowest BCUT2D eigenvalue weighted by molar-refractivity contribution is -0.105. The minimum atomic E-state index is 0.346. The third kappa shape index (κ3) is 1.29. The molecule has 0 amide bonds. The van der Waals surface area contributed by atoms with E-state index in [0.29, 0.717) is 23.1 Å². The van der Waals surface area contributed by atoms with Crippen molar-refractivity contribution in [3.05, 3.63) is 23.9 Å². The van der Waals surface area contributed by atoms with Gasteiger partial charge in [-0.05, 0) is 18.9 Å². The number of hydrogen-bond donors (Lipinski definition) is 1. The molecular weight excluding hydrogens is 176 g/mol. The Labute approximate surface area is 83.6 Å². The number of aldehydes is 1. The van der Waals surface area contributed by atoms with Crippen molar-refractivity contribution >= 4 is 12.1 Å². The lowest BCUT2D eigenvalue weighted by Gasteiger charge is -2.26. The zero-order valence-corrected chi connectivity index (χ0v) is 8.12. The van der Waals surface area contributed by atoms with Gasteiger partial charge in [-0.1, -0.05) is 19.4 Å². The molecule has 1 N–H and O–H groups in total. The molecule has 1 aliphatic carbocycles. The predicted molar refractivity (Wildman–Crippen MR) is 55.1 cm³/mol. The third-order valence-electron chi connectivity index (χ3n) is 2.96. The standard InChI is InChI=1S/C11H14N2O/c1-8-6-10(7-14)13(11(8)12)9-4-2-3-5-9/h6-7,9,12H,1-5H2. The average Bonchev–Trinajstić information content (AvgIpc) is 2.76. The van der Waals surface area contributed by atoms with Crippen molar-refractivity contribution in [2.24, 2.45) is 0 Å². The molecule has 0 spiro atoms. The summed E-state index contributed by atoms with van der Waals surface area (Å²) < 4.78 is 0. The maximum Gasteiger partial charge on any atom is 0.166 e. The molecule has 2 aliphatic rings. The second-order valence-corrected chi connectivity index (χ2v) is 3.87. The van der Waals surface area contributed by atoms with E-state index >= 15 is 0 Å². The van der Waals surface area contributed by atoms with Crippen LogP contribution in [0.2, 0.25) is 0 Å². The largest absolute Gasteiger partial charge is 0.320 e. The number of hydrogen-bond acceptors (Lipinski definition) is 2. The Bertz CT molecular complexity index is 324. The first kappa shape index (κ1) is 9.19. The van der Waals surface area contributed by atoms with E-state index in [1.807, 2.05) is 4.90 Å². The number of allylic oxidation sites excluding steroid dienone is 1. The van der Waals surface area contributed by atoms with Crippen LogP contribution in [0.1, 0.15) is 25.7 Å². The third-order valence-corrected chi connectivity index (χ3v) is 2.96. The van der Waals surface area contributed by atoms with Gasteiger partial charge in [-0.3, -0.25) is 10.2 Å². The molecule has 0 bridgehead atoms. The van der Waals surface area contributed by atoms with Crippen LogP contribution in [0.15, 0.2) is 23.9 Å². The van der Waals surface area contributed by atoms with E-state index in [1.54, 1.807) is 6.08 Å². The SMILES string of the molecule is C=C1C=C(C=O)N(C2CCCC2)C1=N. The van der Waals surface area contributed by atoms with Crippen molar-refractivity contribution < 1.29 is 4.79 Å². The number of nitrogens with one attached hydrogen (secondary N) is 1. The summed E-state index contributed by atoms with van der Waals surface area (Å²) in [4.78, 5) is 12.7. The molecule has 0 atom stereocenters. The van der Waals surface area contributed by atoms with Crippen molar-refractivity contribution in [2.45, 2.75) is 31.7 Å². The molecule has 1 fully saturated rings. The summed E-state index contributed by atoms with van der Waals surface area (Å²) in [5.41, 5.74) is 1.26. The maximum absolute atomic E-state index is 10.8. The first-order valence-corrected chi connectivity index (χ1v) is 4.98. The van der Waals surface area contributed by atoms with Gasteiger partial charge < -0.3 is 4.90 Å². The molecule has 3 heteroatoms. The summed E-state index contributed by atoms with van der Waals surface area (Å²) >= 11 is 0. The minimum Gasteiger partial charge on any atom is -0.320 e. The van der Waals surface area contributed by atoms with Crippen LogP contribution in [0.25, 0.3) is 0 Å². The van der Waals surface area contributed by atoms with Crippen LogP contribution in [0, 0.1) is 5.41 Å². The first-order chi connectivity index (χ1) is 6.74. The summed E-state index contributed by atoms with van der Waals surface area (Å²) in [6.07, 6.45) is 7.10. The van der Waals surface area contributed by atoms with Crippen LogP contribution in [0.3, 0.4) is 0 Å². The van der Waals surface area contributed by atoms with E-state index in [1.165, 1.54) is 12.8 Å². The summed E-state index contributed by atoms with van der Waals surface area (Å²) in [7, 11) is 0. The Kier molecular flexibility index (Phi) is 2.23. The number of amidine groups is 1. The molecule has 14 heavy (non-hydrogen) atoms. The molecule has 0 aromatic rings. The van der Waals surface area contributed by atoms with Gasteiger partial charge in [-0.25, -0.2) is 0 Å². The van der Waals surface area contributed by atoms with Crippen LogP contribution in [0.4, 0.5) is 0 Å². The van der Waals surface area contributed by atoms with Crippen LogP contribution in [-0.4, -0.2) is 23.1 Å². The fourth-order valence-electron chi connectivity index (χ4n) is 2.25. The highest BCUT2D eigenvalue weighted by Crippen LogP contribution is 2.30. The van der Waals surface area contributed by atoms with Gasteiger partial charge in [0, 0.05) is 11.6 Å².